The molecule has 4 amide bonds. The van der Waals surface area contributed by atoms with Gasteiger partial charge >= 0.3 is 18.8 Å². The predicted octanol–water partition coefficient (Wildman–Crippen LogP) is 5.94. The van der Waals surface area contributed by atoms with Crippen LogP contribution in [0.25, 0.3) is 5.70 Å². The Morgan fingerprint density at radius 1 is 0.875 bits per heavy atom. The number of carbonyl (C=O) groups is 4. The average Bonchev–Trinajstić information content (AvgIpc) is 4.33. The number of aromatic nitrogens is 1. The van der Waals surface area contributed by atoms with Gasteiger partial charge in [-0.25, -0.2) is 23.6 Å². The second-order valence-corrected chi connectivity index (χ2v) is 21.7. The number of benzene rings is 2. The number of nitrogens with zero attached hydrogens (tertiary/aromatic N) is 4. The number of nitrogens with one attached hydrogen (secondary N) is 4. The van der Waals surface area contributed by atoms with Crippen LogP contribution in [0.1, 0.15) is 95.5 Å². The predicted molar refractivity (Wildman–Crippen MR) is 288 cm³/mol. The number of halogens is 7. The van der Waals surface area contributed by atoms with Gasteiger partial charge in [0.25, 0.3) is 0 Å². The van der Waals surface area contributed by atoms with E-state index in [4.69, 9.17) is 21.2 Å². The van der Waals surface area contributed by atoms with Crippen molar-refractivity contribution in [1.82, 2.24) is 31.2 Å². The molecule has 80 heavy (non-hydrogen) atoms. The normalized spacial score (nSPS) is 19.2. The Kier molecular flexibility index (Phi) is 22.1. The first-order chi connectivity index (χ1) is 37.2. The lowest BCUT2D eigenvalue weighted by Gasteiger charge is -2.47. The quantitative estimate of drug-likeness (QED) is 0.0320. The zero-order valence-corrected chi connectivity index (χ0v) is 44.8. The van der Waals surface area contributed by atoms with Crippen molar-refractivity contribution in [2.75, 3.05) is 44.9 Å². The van der Waals surface area contributed by atoms with E-state index in [1.54, 1.807) is 30.5 Å². The van der Waals surface area contributed by atoms with Crippen molar-refractivity contribution in [2.45, 2.75) is 136 Å². The zero-order chi connectivity index (χ0) is 58.0. The Morgan fingerprint density at radius 2 is 1.48 bits per heavy atom. The third-order valence-electron chi connectivity index (χ3n) is 14.3. The summed E-state index contributed by atoms with van der Waals surface area (Å²) in [6, 6.07) is 9.68. The van der Waals surface area contributed by atoms with Gasteiger partial charge in [-0.05, 0) is 99.4 Å². The lowest BCUT2D eigenvalue weighted by molar-refractivity contribution is -0.220. The van der Waals surface area contributed by atoms with Crippen molar-refractivity contribution in [3.8, 4) is 11.8 Å². The first-order valence-electron chi connectivity index (χ1n) is 25.8. The number of anilines is 1. The molecule has 1 aromatic heterocycles. The van der Waals surface area contributed by atoms with Gasteiger partial charge in [0.15, 0.2) is 0 Å². The molecule has 3 aliphatic heterocycles. The smallest absolute Gasteiger partial charge is 0.407 e. The molecule has 2 aromatic carbocycles. The number of carbonyl (C=O) groups excluding carboxylic acids is 4. The molecule has 2 bridgehead atoms. The number of primary amides is 1. The third-order valence-corrected chi connectivity index (χ3v) is 14.3. The van der Waals surface area contributed by atoms with Crippen LogP contribution in [-0.4, -0.2) is 140 Å². The number of hydrogen-bond acceptors (Lipinski definition) is 13. The minimum atomic E-state index is -4.98. The summed E-state index contributed by atoms with van der Waals surface area (Å²) in [7, 11) is 0.916. The number of hydrogen-bond donors (Lipinski definition) is 7. The molecule has 3 saturated heterocycles. The summed E-state index contributed by atoms with van der Waals surface area (Å²) in [5, 5.41) is 21.1. The van der Waals surface area contributed by atoms with Gasteiger partial charge in [-0.2, -0.15) is 22.0 Å². The molecule has 6 atom stereocenters. The molecule has 17 nitrogen and oxygen atoms in total. The Hall–Kier alpha value is -6.81. The van der Waals surface area contributed by atoms with Gasteiger partial charge < -0.3 is 52.2 Å². The van der Waals surface area contributed by atoms with Crippen LogP contribution in [-0.2, 0) is 36.8 Å². The van der Waals surface area contributed by atoms with Crippen molar-refractivity contribution in [3.63, 3.8) is 0 Å². The van der Waals surface area contributed by atoms with Crippen LogP contribution in [0.5, 0.6) is 0 Å². The number of allylic oxidation sites excluding steroid dienone is 1. The average molecular weight is 1130 g/mol. The molecule has 2 unspecified atom stereocenters. The number of rotatable bonds is 19. The maximum Gasteiger partial charge on any atom is 0.407 e. The topological polar surface area (TPSA) is 239 Å². The van der Waals surface area contributed by atoms with Gasteiger partial charge in [-0.15, -0.1) is 0 Å². The van der Waals surface area contributed by atoms with E-state index in [-0.39, 0.29) is 42.3 Å². The summed E-state index contributed by atoms with van der Waals surface area (Å²) >= 11 is 0. The SMILES string of the molecule is C.CC(C)(C)[C@H](NC(=O)C1CC1)C(N)=O.COC(=O)N[C@H](C(=O)N[C@@H](Cc1ccc(C#Cc2ccc(N3CC4CCC(C3)N4C3COC3)nc2)cc1)[C@@H](O)CNCc1c(F)cc(C(N)=CC=NC(F)F)cc1F)C(C)(C)C(F)(F)F. The molecule has 24 heteroatoms. The highest BCUT2D eigenvalue weighted by Crippen LogP contribution is 2.41. The largest absolute Gasteiger partial charge is 0.453 e. The van der Waals surface area contributed by atoms with Crippen LogP contribution in [0, 0.1) is 40.2 Å². The maximum absolute atomic E-state index is 15.0. The molecule has 1 aliphatic carbocycles. The highest BCUT2D eigenvalue weighted by Gasteiger charge is 2.56. The standard InChI is InChI=1S/C45H51F7N8O5.C10H18N2O2.CH4/c1-44(2,45(50,51)52)40(58-43(63)64-3)41(62)57-37(38(61)21-54-20-33-34(46)17-29(18-35(33)47)36(53)14-15-55-42(48)49)16-27-7-4-26(5-8-27)6-9-28-10-13-39(56-19-28)59-22-30-11-12-31(23-59)60(30)32-24-65-25-32;1-10(2,3)7(8(11)13)12-9(14)6-4-5-6;/h4-5,7-8,10,13-15,17-19,30-32,37-38,40,42,54,61H,11-12,16,20-25,53H2,1-3H3,(H,57,62)(H,58,63);6-7H,4-5H2,1-3H3,(H2,11,13)(H,12,14);1H4/t30?,31?,37-,38-,40+;7-;/m01./s1. The number of piperazine rings is 1. The second kappa shape index (κ2) is 27.6. The molecular formula is C56H73F7N10O7. The first kappa shape index (κ1) is 64.0. The number of alkyl halides is 5. The molecular weight excluding hydrogens is 1060 g/mol. The molecule has 4 aliphatic rings. The van der Waals surface area contributed by atoms with E-state index in [2.05, 4.69) is 47.3 Å². The Balaban J connectivity index is 0.000000683. The number of pyridine rings is 1. The van der Waals surface area contributed by atoms with E-state index >= 15 is 8.78 Å². The monoisotopic (exact) mass is 1130 g/mol. The number of alkyl carbamates (subject to hydrolysis) is 1. The van der Waals surface area contributed by atoms with Crippen molar-refractivity contribution in [3.05, 3.63) is 100 Å². The van der Waals surface area contributed by atoms with Gasteiger partial charge in [0.05, 0.1) is 43.9 Å². The van der Waals surface area contributed by atoms with Gasteiger partial charge in [0.2, 0.25) is 17.7 Å². The molecule has 1 saturated carbocycles. The van der Waals surface area contributed by atoms with Crippen molar-refractivity contribution in [1.29, 1.82) is 0 Å². The molecule has 4 heterocycles. The molecule has 7 rings (SSSR count). The highest BCUT2D eigenvalue weighted by molar-refractivity contribution is 5.89. The van der Waals surface area contributed by atoms with E-state index in [1.165, 1.54) is 0 Å². The van der Waals surface area contributed by atoms with Crippen LogP contribution in [0.3, 0.4) is 0 Å². The van der Waals surface area contributed by atoms with E-state index in [0.29, 0.717) is 41.0 Å². The lowest BCUT2D eigenvalue weighted by Crippen LogP contribution is -2.62. The number of aliphatic hydroxyl groups excluding tert-OH is 1. The molecule has 9 N–H and O–H groups in total. The number of aliphatic imine (C=N–C) groups is 1. The molecule has 438 valence electrons. The fraction of sp³-hybridized carbons (Fsp3) is 0.536. The van der Waals surface area contributed by atoms with Gasteiger partial charge in [0, 0.05) is 84.5 Å². The Labute approximate surface area is 461 Å². The van der Waals surface area contributed by atoms with Crippen LogP contribution in [0.2, 0.25) is 0 Å². The molecule has 0 spiro atoms. The molecule has 4 fully saturated rings. The highest BCUT2D eigenvalue weighted by atomic mass is 19.4. The zero-order valence-electron chi connectivity index (χ0n) is 44.8. The lowest BCUT2D eigenvalue weighted by atomic mass is 9.82. The fourth-order valence-corrected chi connectivity index (χ4v) is 9.38. The summed E-state index contributed by atoms with van der Waals surface area (Å²) < 4.78 is 107. The van der Waals surface area contributed by atoms with Crippen LogP contribution < -0.4 is 37.6 Å². The number of fused-ring (bicyclic) bond motifs is 2. The summed E-state index contributed by atoms with van der Waals surface area (Å²) in [5.74, 6) is 3.26. The minimum Gasteiger partial charge on any atom is -0.453 e. The summed E-state index contributed by atoms with van der Waals surface area (Å²) in [5.41, 5.74) is 8.79. The van der Waals surface area contributed by atoms with Gasteiger partial charge in [-0.1, -0.05) is 52.2 Å². The number of methoxy groups -OCH3 is 1. The summed E-state index contributed by atoms with van der Waals surface area (Å²) in [4.78, 5) is 60.8. The van der Waals surface area contributed by atoms with Crippen molar-refractivity contribution < 1.29 is 64.5 Å². The van der Waals surface area contributed by atoms with E-state index in [0.717, 1.165) is 97.0 Å². The second-order valence-electron chi connectivity index (χ2n) is 21.7. The van der Waals surface area contributed by atoms with Crippen LogP contribution in [0.15, 0.2) is 65.8 Å². The van der Waals surface area contributed by atoms with E-state index in [1.807, 2.05) is 38.2 Å². The van der Waals surface area contributed by atoms with Crippen molar-refractivity contribution >= 4 is 41.5 Å². The van der Waals surface area contributed by atoms with Gasteiger partial charge in [-0.3, -0.25) is 19.3 Å². The van der Waals surface area contributed by atoms with E-state index in [9.17, 15) is 46.2 Å². The first-order valence-corrected chi connectivity index (χ1v) is 25.8. The minimum absolute atomic E-state index is 0. The number of amides is 4. The Morgan fingerprint density at radius 3 is 1.98 bits per heavy atom. The summed E-state index contributed by atoms with van der Waals surface area (Å²) in [6.45, 7) is 6.56. The number of ether oxygens (including phenoxy) is 2. The van der Waals surface area contributed by atoms with Crippen LogP contribution >= 0.6 is 0 Å². The van der Waals surface area contributed by atoms with Gasteiger partial charge in [0.1, 0.15) is 29.5 Å². The molecule has 3 aromatic rings. The number of aliphatic hydroxyl groups is 1. The third kappa shape index (κ3) is 17.1. The molecule has 0 radical (unpaired) electrons. The number of nitrogens with two attached hydrogens (primary N) is 2. The fourth-order valence-electron chi connectivity index (χ4n) is 9.38. The Bertz CT molecular complexity index is 2700. The maximum atomic E-state index is 15.0. The van der Waals surface area contributed by atoms with Crippen LogP contribution in [0.4, 0.5) is 41.3 Å². The summed E-state index contributed by atoms with van der Waals surface area (Å²) in [6.07, 6.45) is -0.461. The van der Waals surface area contributed by atoms with E-state index < -0.39 is 90.6 Å². The van der Waals surface area contributed by atoms with Crippen molar-refractivity contribution in [2.24, 2.45) is 33.2 Å².